The Morgan fingerprint density at radius 2 is 1.65 bits per heavy atom. The van der Waals surface area contributed by atoms with Gasteiger partial charge < -0.3 is 10.2 Å². The molecular weight excluding hydrogens is 342 g/mol. The Kier molecular flexibility index (Phi) is 4.97. The first-order valence-corrected chi connectivity index (χ1v) is 9.79. The molecule has 1 saturated heterocycles. The van der Waals surface area contributed by atoms with E-state index in [4.69, 9.17) is 0 Å². The molecule has 1 aliphatic rings. The molecule has 0 atom stereocenters. The van der Waals surface area contributed by atoms with Crippen molar-refractivity contribution in [2.45, 2.75) is 12.8 Å². The highest BCUT2D eigenvalue weighted by molar-refractivity contribution is 7.14. The fraction of sp³-hybridized carbons (Fsp3) is 0.238. The van der Waals surface area contributed by atoms with Crippen LogP contribution in [0.15, 0.2) is 66.0 Å². The first-order valence-electron chi connectivity index (χ1n) is 8.91. The van der Waals surface area contributed by atoms with Gasteiger partial charge in [-0.25, -0.2) is 4.98 Å². The van der Waals surface area contributed by atoms with Crippen molar-refractivity contribution in [3.63, 3.8) is 0 Å². The van der Waals surface area contributed by atoms with Crippen molar-refractivity contribution in [3.8, 4) is 11.3 Å². The number of aromatic nitrogens is 1. The Balaban J connectivity index is 1.34. The van der Waals surface area contributed by atoms with Gasteiger partial charge in [-0.05, 0) is 25.0 Å². The third-order valence-corrected chi connectivity index (χ3v) is 5.55. The van der Waals surface area contributed by atoms with Gasteiger partial charge in [0.1, 0.15) is 0 Å². The molecule has 2 aromatic carbocycles. The Bertz CT molecular complexity index is 855. The lowest BCUT2D eigenvalue weighted by Gasteiger charge is -2.32. The number of thiazole rings is 1. The van der Waals surface area contributed by atoms with Crippen molar-refractivity contribution >= 4 is 28.1 Å². The Morgan fingerprint density at radius 3 is 2.35 bits per heavy atom. The largest absolute Gasteiger partial charge is 0.371 e. The van der Waals surface area contributed by atoms with E-state index >= 15 is 0 Å². The first kappa shape index (κ1) is 16.8. The van der Waals surface area contributed by atoms with Crippen LogP contribution in [0.3, 0.4) is 0 Å². The fourth-order valence-electron chi connectivity index (χ4n) is 3.32. The van der Waals surface area contributed by atoms with E-state index in [0.29, 0.717) is 5.13 Å². The monoisotopic (exact) mass is 363 g/mol. The molecule has 1 amide bonds. The third-order valence-electron chi connectivity index (χ3n) is 4.79. The molecule has 26 heavy (non-hydrogen) atoms. The standard InChI is InChI=1S/C21H21N3OS/c25-20(17-11-13-24(14-12-17)18-9-5-2-6-10-18)23-21-22-19(15-26-21)16-7-3-1-4-8-16/h1-10,15,17H,11-14H2,(H,22,23,25). The maximum absolute atomic E-state index is 12.6. The molecule has 0 unspecified atom stereocenters. The van der Waals surface area contributed by atoms with Crippen LogP contribution in [-0.4, -0.2) is 24.0 Å². The SMILES string of the molecule is O=C(Nc1nc(-c2ccccc2)cs1)C1CCN(c2ccccc2)CC1. The molecule has 3 aromatic rings. The summed E-state index contributed by atoms with van der Waals surface area (Å²) in [5, 5.41) is 5.68. The molecule has 2 heterocycles. The van der Waals surface area contributed by atoms with E-state index < -0.39 is 0 Å². The molecule has 0 aliphatic carbocycles. The second-order valence-electron chi connectivity index (χ2n) is 6.49. The summed E-state index contributed by atoms with van der Waals surface area (Å²) in [5.74, 6) is 0.144. The summed E-state index contributed by atoms with van der Waals surface area (Å²) in [5.41, 5.74) is 3.21. The van der Waals surface area contributed by atoms with E-state index in [1.54, 1.807) is 0 Å². The van der Waals surface area contributed by atoms with Crippen molar-refractivity contribution in [1.82, 2.24) is 4.98 Å². The quantitative estimate of drug-likeness (QED) is 0.733. The topological polar surface area (TPSA) is 45.2 Å². The second-order valence-corrected chi connectivity index (χ2v) is 7.35. The van der Waals surface area contributed by atoms with Crippen LogP contribution >= 0.6 is 11.3 Å². The average molecular weight is 363 g/mol. The van der Waals surface area contributed by atoms with E-state index in [0.717, 1.165) is 37.2 Å². The lowest BCUT2D eigenvalue weighted by atomic mass is 9.95. The highest BCUT2D eigenvalue weighted by Gasteiger charge is 2.25. The zero-order valence-electron chi connectivity index (χ0n) is 14.5. The molecule has 0 spiro atoms. The van der Waals surface area contributed by atoms with Crippen LogP contribution in [0.4, 0.5) is 10.8 Å². The van der Waals surface area contributed by atoms with Crippen LogP contribution in [0, 0.1) is 5.92 Å². The highest BCUT2D eigenvalue weighted by atomic mass is 32.1. The van der Waals surface area contributed by atoms with Gasteiger partial charge in [0.15, 0.2) is 5.13 Å². The minimum Gasteiger partial charge on any atom is -0.371 e. The van der Waals surface area contributed by atoms with Gasteiger partial charge in [-0.3, -0.25) is 4.79 Å². The average Bonchev–Trinajstić information content (AvgIpc) is 3.18. The summed E-state index contributed by atoms with van der Waals surface area (Å²) in [4.78, 5) is 19.5. The third kappa shape index (κ3) is 3.78. The van der Waals surface area contributed by atoms with Gasteiger partial charge >= 0.3 is 0 Å². The van der Waals surface area contributed by atoms with Crippen molar-refractivity contribution in [1.29, 1.82) is 0 Å². The number of carbonyl (C=O) groups is 1. The van der Waals surface area contributed by atoms with Gasteiger partial charge in [-0.1, -0.05) is 48.5 Å². The summed E-state index contributed by atoms with van der Waals surface area (Å²) in [7, 11) is 0. The van der Waals surface area contributed by atoms with Crippen LogP contribution < -0.4 is 10.2 Å². The van der Waals surface area contributed by atoms with Gasteiger partial charge in [-0.15, -0.1) is 11.3 Å². The molecule has 132 valence electrons. The van der Waals surface area contributed by atoms with E-state index in [1.165, 1.54) is 17.0 Å². The lowest BCUT2D eigenvalue weighted by molar-refractivity contribution is -0.120. The van der Waals surface area contributed by atoms with Gasteiger partial charge in [0.2, 0.25) is 5.91 Å². The van der Waals surface area contributed by atoms with Crippen LogP contribution in [0.25, 0.3) is 11.3 Å². The molecule has 4 rings (SSSR count). The van der Waals surface area contributed by atoms with Crippen LogP contribution in [-0.2, 0) is 4.79 Å². The van der Waals surface area contributed by atoms with Crippen LogP contribution in [0.2, 0.25) is 0 Å². The number of hydrogen-bond donors (Lipinski definition) is 1. The number of anilines is 2. The molecule has 1 aromatic heterocycles. The van der Waals surface area contributed by atoms with E-state index in [-0.39, 0.29) is 11.8 Å². The Labute approximate surface area is 157 Å². The Hall–Kier alpha value is -2.66. The van der Waals surface area contributed by atoms with Crippen LogP contribution in [0.5, 0.6) is 0 Å². The smallest absolute Gasteiger partial charge is 0.229 e. The number of piperidine rings is 1. The fourth-order valence-corrected chi connectivity index (χ4v) is 4.04. The number of hydrogen-bond acceptors (Lipinski definition) is 4. The van der Waals surface area contributed by atoms with Crippen LogP contribution in [0.1, 0.15) is 12.8 Å². The molecule has 1 fully saturated rings. The molecule has 4 nitrogen and oxygen atoms in total. The maximum Gasteiger partial charge on any atom is 0.229 e. The van der Waals surface area contributed by atoms with Gasteiger partial charge in [0.25, 0.3) is 0 Å². The summed E-state index contributed by atoms with van der Waals surface area (Å²) in [6.45, 7) is 1.82. The van der Waals surface area contributed by atoms with E-state index in [9.17, 15) is 4.79 Å². The van der Waals surface area contributed by atoms with Crippen molar-refractivity contribution in [2.75, 3.05) is 23.3 Å². The number of nitrogens with one attached hydrogen (secondary N) is 1. The summed E-state index contributed by atoms with van der Waals surface area (Å²) in [6.07, 6.45) is 1.75. The molecule has 5 heteroatoms. The number of carbonyl (C=O) groups excluding carboxylic acids is 1. The lowest BCUT2D eigenvalue weighted by Crippen LogP contribution is -2.38. The predicted molar refractivity (Wildman–Crippen MR) is 108 cm³/mol. The molecule has 1 aliphatic heterocycles. The zero-order chi connectivity index (χ0) is 17.8. The number of nitrogens with zero attached hydrogens (tertiary/aromatic N) is 2. The van der Waals surface area contributed by atoms with E-state index in [2.05, 4.69) is 39.5 Å². The second kappa shape index (κ2) is 7.70. The van der Waals surface area contributed by atoms with Crippen molar-refractivity contribution < 1.29 is 4.79 Å². The number of benzene rings is 2. The summed E-state index contributed by atoms with van der Waals surface area (Å²) < 4.78 is 0. The molecule has 0 bridgehead atoms. The Morgan fingerprint density at radius 1 is 1.00 bits per heavy atom. The number of rotatable bonds is 4. The van der Waals surface area contributed by atoms with Gasteiger partial charge in [0.05, 0.1) is 5.69 Å². The van der Waals surface area contributed by atoms with Gasteiger partial charge in [0, 0.05) is 35.6 Å². The molecular formula is C21H21N3OS. The zero-order valence-corrected chi connectivity index (χ0v) is 15.3. The first-order chi connectivity index (χ1) is 12.8. The highest BCUT2D eigenvalue weighted by Crippen LogP contribution is 2.27. The van der Waals surface area contributed by atoms with Gasteiger partial charge in [-0.2, -0.15) is 0 Å². The molecule has 1 N–H and O–H groups in total. The summed E-state index contributed by atoms with van der Waals surface area (Å²) in [6, 6.07) is 20.4. The van der Waals surface area contributed by atoms with Crippen molar-refractivity contribution in [2.24, 2.45) is 5.92 Å². The molecule has 0 saturated carbocycles. The maximum atomic E-state index is 12.6. The van der Waals surface area contributed by atoms with E-state index in [1.807, 2.05) is 41.8 Å². The van der Waals surface area contributed by atoms with Crippen molar-refractivity contribution in [3.05, 3.63) is 66.0 Å². The number of amides is 1. The summed E-state index contributed by atoms with van der Waals surface area (Å²) >= 11 is 1.48. The normalized spacial score (nSPS) is 15.0. The predicted octanol–water partition coefficient (Wildman–Crippen LogP) is 4.67. The minimum atomic E-state index is 0.0547. The number of para-hydroxylation sites is 1. The molecule has 0 radical (unpaired) electrons. The minimum absolute atomic E-state index is 0.0547.